The quantitative estimate of drug-likeness (QED) is 0.326. The van der Waals surface area contributed by atoms with E-state index in [1.807, 2.05) is 0 Å². The van der Waals surface area contributed by atoms with E-state index in [4.69, 9.17) is 10.2 Å². The molecule has 2 nitrogen and oxygen atoms in total. The molecule has 0 aromatic heterocycles. The Bertz CT molecular complexity index is 23.1. The van der Waals surface area contributed by atoms with Crippen LogP contribution < -0.4 is 0 Å². The SMILES string of the molecule is CC(O)(O)Cl. The van der Waals surface area contributed by atoms with Gasteiger partial charge in [-0.1, -0.05) is 11.6 Å². The highest BCUT2D eigenvalue weighted by Crippen LogP contribution is 1.99. The Hall–Kier alpha value is 0.210. The zero-order chi connectivity index (χ0) is 4.50. The number of hydrogen-bond donors (Lipinski definition) is 2. The first-order chi connectivity index (χ1) is 2.00. The molecule has 0 aliphatic rings. The summed E-state index contributed by atoms with van der Waals surface area (Å²) in [7, 11) is 0. The summed E-state index contributed by atoms with van der Waals surface area (Å²) in [4.78, 5) is 0. The van der Waals surface area contributed by atoms with E-state index in [1.165, 1.54) is 0 Å². The Labute approximate surface area is 35.0 Å². The zero-order valence-electron chi connectivity index (χ0n) is 2.77. The van der Waals surface area contributed by atoms with Gasteiger partial charge in [0.2, 0.25) is 5.25 Å². The van der Waals surface area contributed by atoms with Crippen LogP contribution in [0, 0.1) is 0 Å². The second kappa shape index (κ2) is 1.12. The minimum Gasteiger partial charge on any atom is -0.354 e. The summed E-state index contributed by atoms with van der Waals surface area (Å²) in [5.74, 6) is 0. The van der Waals surface area contributed by atoms with Crippen molar-refractivity contribution in [1.29, 1.82) is 0 Å². The highest BCUT2D eigenvalue weighted by Gasteiger charge is 2.04. The summed E-state index contributed by atoms with van der Waals surface area (Å²) in [6.07, 6.45) is 0. The maximum Gasteiger partial charge on any atom is 0.240 e. The minimum atomic E-state index is -2.03. The molecule has 0 bridgehead atoms. The smallest absolute Gasteiger partial charge is 0.240 e. The van der Waals surface area contributed by atoms with E-state index in [2.05, 4.69) is 11.6 Å². The van der Waals surface area contributed by atoms with E-state index in [0.29, 0.717) is 0 Å². The van der Waals surface area contributed by atoms with Crippen molar-refractivity contribution in [2.45, 2.75) is 12.2 Å². The van der Waals surface area contributed by atoms with Crippen LogP contribution in [0.4, 0.5) is 0 Å². The van der Waals surface area contributed by atoms with E-state index in [9.17, 15) is 0 Å². The van der Waals surface area contributed by atoms with Gasteiger partial charge in [0.25, 0.3) is 0 Å². The molecule has 0 aliphatic carbocycles. The van der Waals surface area contributed by atoms with Gasteiger partial charge >= 0.3 is 0 Å². The fourth-order valence-corrected chi connectivity index (χ4v) is 0. The van der Waals surface area contributed by atoms with Gasteiger partial charge in [-0.15, -0.1) is 0 Å². The van der Waals surface area contributed by atoms with Gasteiger partial charge in [-0.3, -0.25) is 0 Å². The predicted molar refractivity (Wildman–Crippen MR) is 18.7 cm³/mol. The lowest BCUT2D eigenvalue weighted by Crippen LogP contribution is -2.11. The van der Waals surface area contributed by atoms with Gasteiger partial charge < -0.3 is 10.2 Å². The van der Waals surface area contributed by atoms with Crippen LogP contribution in [0.15, 0.2) is 0 Å². The molecule has 0 heterocycles. The van der Waals surface area contributed by atoms with Crippen LogP contribution in [0.25, 0.3) is 0 Å². The molecule has 0 rings (SSSR count). The van der Waals surface area contributed by atoms with Crippen LogP contribution in [0.3, 0.4) is 0 Å². The fourth-order valence-electron chi connectivity index (χ4n) is 0. The standard InChI is InChI=1S/C2H5ClO2/c1-2(3,4)5/h4-5H,1H3. The molecule has 0 atom stereocenters. The van der Waals surface area contributed by atoms with Gasteiger partial charge in [0.1, 0.15) is 0 Å². The third-order valence-corrected chi connectivity index (χ3v) is 0. The summed E-state index contributed by atoms with van der Waals surface area (Å²) in [5.41, 5.74) is 0. The maximum atomic E-state index is 7.84. The Morgan fingerprint density at radius 3 is 1.60 bits per heavy atom. The normalized spacial score (nSPS) is 12.0. The maximum absolute atomic E-state index is 7.84. The third kappa shape index (κ3) is 466. The summed E-state index contributed by atoms with van der Waals surface area (Å²) >= 11 is 4.64. The van der Waals surface area contributed by atoms with E-state index < -0.39 is 5.25 Å². The van der Waals surface area contributed by atoms with Gasteiger partial charge in [-0.2, -0.15) is 0 Å². The van der Waals surface area contributed by atoms with Crippen molar-refractivity contribution in [2.24, 2.45) is 0 Å². The van der Waals surface area contributed by atoms with Crippen molar-refractivity contribution in [3.63, 3.8) is 0 Å². The Morgan fingerprint density at radius 2 is 1.60 bits per heavy atom. The summed E-state index contributed by atoms with van der Waals surface area (Å²) in [5, 5.41) is 13.7. The number of rotatable bonds is 0. The van der Waals surface area contributed by atoms with Crippen molar-refractivity contribution in [3.8, 4) is 0 Å². The van der Waals surface area contributed by atoms with E-state index in [1.54, 1.807) is 0 Å². The van der Waals surface area contributed by atoms with Crippen molar-refractivity contribution in [1.82, 2.24) is 0 Å². The highest BCUT2D eigenvalue weighted by atomic mass is 35.5. The molecule has 0 aromatic rings. The molecular formula is C2H5ClO2. The molecule has 0 unspecified atom stereocenters. The molecule has 5 heavy (non-hydrogen) atoms. The second-order valence-electron chi connectivity index (χ2n) is 0.905. The van der Waals surface area contributed by atoms with Crippen LogP contribution in [0.1, 0.15) is 6.92 Å². The zero-order valence-corrected chi connectivity index (χ0v) is 3.53. The average molecular weight is 96.5 g/mol. The molecular weight excluding hydrogens is 91.5 g/mol. The van der Waals surface area contributed by atoms with E-state index in [0.717, 1.165) is 6.92 Å². The van der Waals surface area contributed by atoms with Gasteiger partial charge in [-0.05, 0) is 0 Å². The monoisotopic (exact) mass is 96.0 g/mol. The van der Waals surface area contributed by atoms with Crippen LogP contribution in [-0.4, -0.2) is 15.5 Å². The first-order valence-corrected chi connectivity index (χ1v) is 1.51. The molecule has 3 heteroatoms. The topological polar surface area (TPSA) is 40.5 Å². The molecule has 0 saturated heterocycles. The largest absolute Gasteiger partial charge is 0.354 e. The van der Waals surface area contributed by atoms with Gasteiger partial charge in [-0.25, -0.2) is 0 Å². The molecule has 32 valence electrons. The molecule has 0 saturated carbocycles. The van der Waals surface area contributed by atoms with Crippen molar-refractivity contribution < 1.29 is 10.2 Å². The Balaban J connectivity index is 3.02. The van der Waals surface area contributed by atoms with Gasteiger partial charge in [0, 0.05) is 6.92 Å². The Kier molecular flexibility index (Phi) is 1.17. The molecule has 0 aromatic carbocycles. The molecule has 0 spiro atoms. The van der Waals surface area contributed by atoms with E-state index >= 15 is 0 Å². The molecule has 0 fully saturated rings. The van der Waals surface area contributed by atoms with Crippen LogP contribution in [0.2, 0.25) is 0 Å². The van der Waals surface area contributed by atoms with Crippen molar-refractivity contribution >= 4 is 11.6 Å². The first-order valence-electron chi connectivity index (χ1n) is 1.14. The minimum absolute atomic E-state index is 1.06. The average Bonchev–Trinajstić information content (AvgIpc) is 0.722. The summed E-state index contributed by atoms with van der Waals surface area (Å²) < 4.78 is 0. The third-order valence-electron chi connectivity index (χ3n) is 0. The summed E-state index contributed by atoms with van der Waals surface area (Å²) in [6.45, 7) is 1.06. The number of aliphatic hydroxyl groups is 2. The van der Waals surface area contributed by atoms with Crippen LogP contribution in [-0.2, 0) is 0 Å². The lowest BCUT2D eigenvalue weighted by molar-refractivity contribution is -0.0670. The molecule has 0 radical (unpaired) electrons. The number of alkyl halides is 1. The predicted octanol–water partition coefficient (Wildman–Crippen LogP) is -0.116. The Morgan fingerprint density at radius 1 is 1.60 bits per heavy atom. The first kappa shape index (κ1) is 5.21. The van der Waals surface area contributed by atoms with Crippen LogP contribution in [0.5, 0.6) is 0 Å². The lowest BCUT2D eigenvalue weighted by atomic mass is 10.8. The molecule has 0 amide bonds. The van der Waals surface area contributed by atoms with Crippen molar-refractivity contribution in [2.75, 3.05) is 0 Å². The number of hydrogen-bond acceptors (Lipinski definition) is 2. The van der Waals surface area contributed by atoms with Crippen molar-refractivity contribution in [3.05, 3.63) is 0 Å². The number of halogens is 1. The lowest BCUT2D eigenvalue weighted by Gasteiger charge is -1.99. The van der Waals surface area contributed by atoms with E-state index in [-0.39, 0.29) is 0 Å². The summed E-state index contributed by atoms with van der Waals surface area (Å²) in [6, 6.07) is 0. The van der Waals surface area contributed by atoms with Gasteiger partial charge in [0.05, 0.1) is 0 Å². The molecule has 2 N–H and O–H groups in total. The molecule has 0 aliphatic heterocycles. The second-order valence-corrected chi connectivity index (χ2v) is 1.62. The van der Waals surface area contributed by atoms with Gasteiger partial charge in [0.15, 0.2) is 0 Å². The van der Waals surface area contributed by atoms with Crippen LogP contribution >= 0.6 is 11.6 Å². The highest BCUT2D eigenvalue weighted by molar-refractivity contribution is 6.21. The fraction of sp³-hybridized carbons (Fsp3) is 1.00.